The van der Waals surface area contributed by atoms with Crippen LogP contribution in [0.4, 0.5) is 0 Å². The van der Waals surface area contributed by atoms with Gasteiger partial charge in [0.05, 0.1) is 0 Å². The van der Waals surface area contributed by atoms with Gasteiger partial charge in [0.2, 0.25) is 0 Å². The van der Waals surface area contributed by atoms with Crippen LogP contribution in [0.25, 0.3) is 27.4 Å². The second kappa shape index (κ2) is 41.0. The molecule has 0 atom stereocenters. The fourth-order valence-electron chi connectivity index (χ4n) is 5.35. The topological polar surface area (TPSA) is 31.6 Å². The molecule has 0 radical (unpaired) electrons. The first-order valence-electron chi connectivity index (χ1n) is 20.4. The van der Waals surface area contributed by atoms with Crippen LogP contribution in [-0.2, 0) is 12.8 Å². The van der Waals surface area contributed by atoms with Gasteiger partial charge in [-0.3, -0.25) is 0 Å². The first-order valence-corrected chi connectivity index (χ1v) is 20.4. The molecule has 0 unspecified atom stereocenters. The monoisotopic (exact) mass is 733 g/mol. The quantitative estimate of drug-likeness (QED) is 0.0770. The minimum atomic E-state index is 0.935. The number of terminal acetylenes is 1. The van der Waals surface area contributed by atoms with E-state index in [9.17, 15) is 0 Å². The van der Waals surface area contributed by atoms with E-state index in [4.69, 9.17) is 0 Å². The van der Waals surface area contributed by atoms with Crippen molar-refractivity contribution >= 4 is 27.4 Å². The van der Waals surface area contributed by atoms with Gasteiger partial charge in [0.15, 0.2) is 0 Å². The maximum atomic E-state index is 4.00. The van der Waals surface area contributed by atoms with E-state index in [1.54, 1.807) is 0 Å². The Hall–Kier alpha value is -4.74. The maximum Gasteiger partial charge on any atom is 0.0456 e. The van der Waals surface area contributed by atoms with E-state index in [0.717, 1.165) is 12.8 Å². The standard InChI is InChI=1S/C17H26.C12H13N.C11H11N.4C2H6.C2H4.C2H2/c1-4-6-7-8-9-13-16(5-2)17-14-11-10-12-15(17)3;1-9(2)7-10-8-13-12-6-4-3-5-11(10)12;1-2-5-9-8-12-11-7-4-3-6-10(9)11;6*1-2/h5,10-12,14H,4,6-9,13H2,1-3H3;3-6,8,13H,1,7H2,2H3;2-4,6-8,12H,1,5H2;4*1-2H3;1-2H2;1-2H/b16-5-;;;;;;;;. The molecule has 0 aliphatic rings. The lowest BCUT2D eigenvalue weighted by atomic mass is 9.95. The Morgan fingerprint density at radius 1 is 0.667 bits per heavy atom. The highest BCUT2D eigenvalue weighted by molar-refractivity contribution is 5.84. The van der Waals surface area contributed by atoms with Crippen molar-refractivity contribution in [2.75, 3.05) is 0 Å². The normalized spacial score (nSPS) is 9.11. The van der Waals surface area contributed by atoms with E-state index in [0.29, 0.717) is 0 Å². The third-order valence-electron chi connectivity index (χ3n) is 7.60. The highest BCUT2D eigenvalue weighted by Crippen LogP contribution is 2.24. The molecular formula is C52H80N2. The molecular weight excluding hydrogens is 653 g/mol. The van der Waals surface area contributed by atoms with E-state index in [1.807, 2.05) is 79.8 Å². The van der Waals surface area contributed by atoms with Gasteiger partial charge < -0.3 is 9.97 Å². The number of aromatic nitrogens is 2. The summed E-state index contributed by atoms with van der Waals surface area (Å²) in [5.41, 5.74) is 10.6. The summed E-state index contributed by atoms with van der Waals surface area (Å²) in [7, 11) is 0. The van der Waals surface area contributed by atoms with Gasteiger partial charge in [-0.2, -0.15) is 0 Å². The number of hydrogen-bond acceptors (Lipinski definition) is 0. The Kier molecular flexibility index (Phi) is 42.5. The lowest BCUT2D eigenvalue weighted by Gasteiger charge is -2.10. The van der Waals surface area contributed by atoms with Gasteiger partial charge in [-0.25, -0.2) is 0 Å². The van der Waals surface area contributed by atoms with Crippen LogP contribution >= 0.6 is 0 Å². The Balaban J connectivity index is -0.000000306. The van der Waals surface area contributed by atoms with Crippen molar-refractivity contribution in [2.45, 2.75) is 134 Å². The van der Waals surface area contributed by atoms with Gasteiger partial charge in [-0.1, -0.05) is 173 Å². The molecule has 0 aliphatic heterocycles. The second-order valence-electron chi connectivity index (χ2n) is 11.1. The van der Waals surface area contributed by atoms with Gasteiger partial charge >= 0.3 is 0 Å². The first kappa shape index (κ1) is 56.0. The zero-order valence-corrected chi connectivity index (χ0v) is 36.9. The van der Waals surface area contributed by atoms with Crippen molar-refractivity contribution in [1.82, 2.24) is 9.97 Å². The van der Waals surface area contributed by atoms with Crippen LogP contribution in [0.1, 0.15) is 137 Å². The van der Waals surface area contributed by atoms with Crippen LogP contribution in [0.2, 0.25) is 0 Å². The van der Waals surface area contributed by atoms with Crippen LogP contribution in [0.15, 0.2) is 129 Å². The highest BCUT2D eigenvalue weighted by atomic mass is 14.7. The van der Waals surface area contributed by atoms with E-state index < -0.39 is 0 Å². The van der Waals surface area contributed by atoms with Crippen LogP contribution in [0.5, 0.6) is 0 Å². The molecule has 2 aromatic heterocycles. The first-order chi connectivity index (χ1) is 26.5. The summed E-state index contributed by atoms with van der Waals surface area (Å²) < 4.78 is 0. The van der Waals surface area contributed by atoms with Crippen molar-refractivity contribution in [1.29, 1.82) is 0 Å². The Labute approximate surface area is 335 Å². The second-order valence-corrected chi connectivity index (χ2v) is 11.1. The molecule has 0 amide bonds. The summed E-state index contributed by atoms with van der Waals surface area (Å²) in [4.78, 5) is 6.48. The van der Waals surface area contributed by atoms with Crippen molar-refractivity contribution in [3.05, 3.63) is 151 Å². The molecule has 0 saturated carbocycles. The molecule has 2 heterocycles. The highest BCUT2D eigenvalue weighted by Gasteiger charge is 2.04. The molecule has 2 nitrogen and oxygen atoms in total. The summed E-state index contributed by atoms with van der Waals surface area (Å²) in [6.45, 7) is 38.3. The summed E-state index contributed by atoms with van der Waals surface area (Å²) in [5.74, 6) is 0. The number of aryl methyl sites for hydroxylation is 1. The van der Waals surface area contributed by atoms with Gasteiger partial charge in [0.25, 0.3) is 0 Å². The smallest absolute Gasteiger partial charge is 0.0456 e. The third kappa shape index (κ3) is 23.0. The fraction of sp³-hybridized carbons (Fsp3) is 0.385. The Morgan fingerprint density at radius 2 is 1.11 bits per heavy atom. The fourth-order valence-corrected chi connectivity index (χ4v) is 5.35. The molecule has 0 fully saturated rings. The average molecular weight is 733 g/mol. The number of rotatable bonds is 11. The van der Waals surface area contributed by atoms with Gasteiger partial charge in [-0.15, -0.1) is 32.6 Å². The minimum Gasteiger partial charge on any atom is -0.361 e. The molecule has 0 aliphatic carbocycles. The molecule has 3 aromatic carbocycles. The predicted octanol–water partition coefficient (Wildman–Crippen LogP) is 17.1. The lowest BCUT2D eigenvalue weighted by Crippen LogP contribution is -1.89. The van der Waals surface area contributed by atoms with Crippen LogP contribution < -0.4 is 0 Å². The molecule has 2 heteroatoms. The van der Waals surface area contributed by atoms with Crippen molar-refractivity contribution in [3.8, 4) is 12.8 Å². The number of allylic oxidation sites excluding steroid dienone is 4. The molecule has 0 saturated heterocycles. The Bertz CT molecular complexity index is 1620. The van der Waals surface area contributed by atoms with Crippen LogP contribution in [0.3, 0.4) is 0 Å². The summed E-state index contributed by atoms with van der Waals surface area (Å²) in [6.07, 6.45) is 26.2. The maximum absolute atomic E-state index is 4.00. The SMILES string of the molecule is C#C.C/C=C(/CCCCCCC)c1ccccc1C.C=C.C=C(C)Cc1c[nH]c2ccccc12.C=CCc1c[nH]c2ccccc12.CC.CC.CC.CC. The molecule has 2 N–H and O–H groups in total. The van der Waals surface area contributed by atoms with E-state index >= 15 is 0 Å². The molecule has 5 aromatic rings. The number of hydrogen-bond donors (Lipinski definition) is 2. The zero-order chi connectivity index (χ0) is 42.2. The van der Waals surface area contributed by atoms with Crippen LogP contribution in [0, 0.1) is 19.8 Å². The summed E-state index contributed by atoms with van der Waals surface area (Å²) >= 11 is 0. The zero-order valence-electron chi connectivity index (χ0n) is 36.9. The number of aromatic amines is 2. The van der Waals surface area contributed by atoms with Crippen molar-refractivity contribution in [2.24, 2.45) is 0 Å². The number of nitrogens with one attached hydrogen (secondary N) is 2. The van der Waals surface area contributed by atoms with E-state index in [2.05, 4.69) is 150 Å². The van der Waals surface area contributed by atoms with Gasteiger partial charge in [0.1, 0.15) is 0 Å². The largest absolute Gasteiger partial charge is 0.361 e. The minimum absolute atomic E-state index is 0.935. The number of fused-ring (bicyclic) bond motifs is 2. The predicted molar refractivity (Wildman–Crippen MR) is 254 cm³/mol. The number of unbranched alkanes of at least 4 members (excludes halogenated alkanes) is 4. The Morgan fingerprint density at radius 3 is 1.57 bits per heavy atom. The lowest BCUT2D eigenvalue weighted by molar-refractivity contribution is 0.640. The van der Waals surface area contributed by atoms with E-state index in [1.165, 1.54) is 93.7 Å². The summed E-state index contributed by atoms with van der Waals surface area (Å²) in [6, 6.07) is 25.4. The molecule has 298 valence electrons. The molecule has 0 bridgehead atoms. The van der Waals surface area contributed by atoms with Gasteiger partial charge in [-0.05, 0) is 86.4 Å². The number of benzene rings is 3. The average Bonchev–Trinajstić information content (AvgIpc) is 3.85. The number of H-pyrrole nitrogens is 2. The van der Waals surface area contributed by atoms with Gasteiger partial charge in [0, 0.05) is 34.2 Å². The molecule has 54 heavy (non-hydrogen) atoms. The van der Waals surface area contributed by atoms with Crippen molar-refractivity contribution < 1.29 is 0 Å². The van der Waals surface area contributed by atoms with Crippen LogP contribution in [-0.4, -0.2) is 9.97 Å². The third-order valence-corrected chi connectivity index (χ3v) is 7.60. The molecule has 5 rings (SSSR count). The summed E-state index contributed by atoms with van der Waals surface area (Å²) in [5, 5.41) is 2.61. The van der Waals surface area contributed by atoms with Crippen molar-refractivity contribution in [3.63, 3.8) is 0 Å². The number of para-hydroxylation sites is 2. The molecule has 0 spiro atoms. The van der Waals surface area contributed by atoms with E-state index in [-0.39, 0.29) is 0 Å².